The van der Waals surface area contributed by atoms with Crippen LogP contribution in [-0.4, -0.2) is 35.7 Å². The van der Waals surface area contributed by atoms with Crippen LogP contribution in [-0.2, 0) is 9.53 Å². The number of nitrogens with one attached hydrogen (secondary N) is 1. The third-order valence-corrected chi connectivity index (χ3v) is 4.28. The maximum Gasteiger partial charge on any atom is 0.305 e. The Morgan fingerprint density at radius 2 is 2.25 bits per heavy atom. The topological polar surface area (TPSA) is 75.6 Å². The Morgan fingerprint density at radius 1 is 1.50 bits per heavy atom. The van der Waals surface area contributed by atoms with E-state index in [4.69, 9.17) is 9.84 Å². The van der Waals surface area contributed by atoms with Gasteiger partial charge in [-0.3, -0.25) is 9.59 Å². The van der Waals surface area contributed by atoms with Gasteiger partial charge in [-0.15, -0.1) is 0 Å². The second-order valence-corrected chi connectivity index (χ2v) is 6.25. The van der Waals surface area contributed by atoms with Crippen LogP contribution in [0.2, 0.25) is 0 Å². The lowest BCUT2D eigenvalue weighted by atomic mass is 9.93. The highest BCUT2D eigenvalue weighted by Gasteiger charge is 2.39. The van der Waals surface area contributed by atoms with Crippen molar-refractivity contribution in [2.75, 3.05) is 13.2 Å². The van der Waals surface area contributed by atoms with Crippen molar-refractivity contribution in [1.29, 1.82) is 0 Å². The van der Waals surface area contributed by atoms with Crippen molar-refractivity contribution in [2.24, 2.45) is 0 Å². The molecule has 1 aromatic rings. The van der Waals surface area contributed by atoms with E-state index in [0.29, 0.717) is 18.6 Å². The molecule has 1 unspecified atom stereocenters. The predicted octanol–water partition coefficient (Wildman–Crippen LogP) is 1.96. The SMILES string of the molecule is Cc1ccc(I)c(C(=O)NC2(CC(=O)O)CCOC2)c1. The van der Waals surface area contributed by atoms with Gasteiger partial charge in [0.05, 0.1) is 24.1 Å². The number of carboxylic acid groups (broad SMARTS) is 1. The molecule has 0 spiro atoms. The van der Waals surface area contributed by atoms with E-state index in [9.17, 15) is 9.59 Å². The molecule has 20 heavy (non-hydrogen) atoms. The van der Waals surface area contributed by atoms with E-state index in [1.165, 1.54) is 0 Å². The summed E-state index contributed by atoms with van der Waals surface area (Å²) in [4.78, 5) is 23.4. The molecule has 1 atom stereocenters. The third kappa shape index (κ3) is 3.49. The lowest BCUT2D eigenvalue weighted by Crippen LogP contribution is -2.50. The molecule has 1 amide bonds. The van der Waals surface area contributed by atoms with Gasteiger partial charge in [-0.25, -0.2) is 0 Å². The third-order valence-electron chi connectivity index (χ3n) is 3.34. The predicted molar refractivity (Wildman–Crippen MR) is 81.8 cm³/mol. The Labute approximate surface area is 130 Å². The molecule has 1 fully saturated rings. The fourth-order valence-corrected chi connectivity index (χ4v) is 2.88. The van der Waals surface area contributed by atoms with Gasteiger partial charge >= 0.3 is 5.97 Å². The van der Waals surface area contributed by atoms with Crippen molar-refractivity contribution in [1.82, 2.24) is 5.32 Å². The smallest absolute Gasteiger partial charge is 0.305 e. The number of amides is 1. The standard InChI is InChI=1S/C14H16INO4/c1-9-2-3-11(15)10(6-9)13(19)16-14(7-12(17)18)4-5-20-8-14/h2-3,6H,4-5,7-8H2,1H3,(H,16,19)(H,17,18). The Morgan fingerprint density at radius 3 is 2.85 bits per heavy atom. The van der Waals surface area contributed by atoms with Crippen molar-refractivity contribution in [3.63, 3.8) is 0 Å². The number of benzene rings is 1. The number of carbonyl (C=O) groups excluding carboxylic acids is 1. The molecule has 2 N–H and O–H groups in total. The first-order valence-corrected chi connectivity index (χ1v) is 7.38. The molecule has 6 heteroatoms. The number of hydrogen-bond donors (Lipinski definition) is 2. The first-order chi connectivity index (χ1) is 9.42. The monoisotopic (exact) mass is 389 g/mol. The summed E-state index contributed by atoms with van der Waals surface area (Å²) in [5.74, 6) is -1.18. The molecule has 0 radical (unpaired) electrons. The summed E-state index contributed by atoms with van der Waals surface area (Å²) in [6.45, 7) is 2.63. The van der Waals surface area contributed by atoms with Gasteiger partial charge in [0, 0.05) is 10.2 Å². The Balaban J connectivity index is 2.20. The van der Waals surface area contributed by atoms with E-state index in [1.807, 2.05) is 19.1 Å². The van der Waals surface area contributed by atoms with Gasteiger partial charge < -0.3 is 15.2 Å². The van der Waals surface area contributed by atoms with Gasteiger partial charge in [-0.2, -0.15) is 0 Å². The molecule has 1 heterocycles. The number of rotatable bonds is 4. The van der Waals surface area contributed by atoms with Gasteiger partial charge in [0.2, 0.25) is 0 Å². The zero-order chi connectivity index (χ0) is 14.8. The van der Waals surface area contributed by atoms with Gasteiger partial charge in [-0.1, -0.05) is 11.6 Å². The zero-order valence-corrected chi connectivity index (χ0v) is 13.3. The van der Waals surface area contributed by atoms with Crippen LogP contribution >= 0.6 is 22.6 Å². The number of ether oxygens (including phenoxy) is 1. The van der Waals surface area contributed by atoms with Crippen LogP contribution in [0.3, 0.4) is 0 Å². The molecule has 108 valence electrons. The second-order valence-electron chi connectivity index (χ2n) is 5.09. The number of carboxylic acids is 1. The number of aliphatic carboxylic acids is 1. The molecular formula is C14H16INO4. The number of aryl methyl sites for hydroxylation is 1. The highest BCUT2D eigenvalue weighted by atomic mass is 127. The lowest BCUT2D eigenvalue weighted by Gasteiger charge is -2.27. The average molecular weight is 389 g/mol. The second kappa shape index (κ2) is 6.09. The Hall–Kier alpha value is -1.15. The summed E-state index contributed by atoms with van der Waals surface area (Å²) in [5.41, 5.74) is 0.767. The number of carbonyl (C=O) groups is 2. The van der Waals surface area contributed by atoms with Gasteiger partial charge in [-0.05, 0) is 48.1 Å². The molecule has 1 aliphatic heterocycles. The first kappa shape index (κ1) is 15.2. The lowest BCUT2D eigenvalue weighted by molar-refractivity contribution is -0.138. The van der Waals surface area contributed by atoms with E-state index < -0.39 is 11.5 Å². The van der Waals surface area contributed by atoms with Crippen LogP contribution in [0.5, 0.6) is 0 Å². The van der Waals surface area contributed by atoms with Crippen molar-refractivity contribution in [3.8, 4) is 0 Å². The summed E-state index contributed by atoms with van der Waals surface area (Å²) >= 11 is 2.10. The van der Waals surface area contributed by atoms with Crippen molar-refractivity contribution in [2.45, 2.75) is 25.3 Å². The van der Waals surface area contributed by atoms with Gasteiger partial charge in [0.15, 0.2) is 0 Å². The maximum absolute atomic E-state index is 12.4. The molecule has 1 aromatic carbocycles. The minimum absolute atomic E-state index is 0.124. The summed E-state index contributed by atoms with van der Waals surface area (Å²) in [5, 5.41) is 11.9. The fraction of sp³-hybridized carbons (Fsp3) is 0.429. The molecule has 1 aliphatic rings. The number of hydrogen-bond acceptors (Lipinski definition) is 3. The quantitative estimate of drug-likeness (QED) is 0.773. The normalized spacial score (nSPS) is 21.7. The summed E-state index contributed by atoms with van der Waals surface area (Å²) < 4.78 is 6.11. The highest BCUT2D eigenvalue weighted by Crippen LogP contribution is 2.24. The van der Waals surface area contributed by atoms with E-state index in [0.717, 1.165) is 9.13 Å². The molecule has 0 aliphatic carbocycles. The number of halogens is 1. The van der Waals surface area contributed by atoms with Gasteiger partial charge in [0.1, 0.15) is 0 Å². The van der Waals surface area contributed by atoms with Crippen LogP contribution in [0.15, 0.2) is 18.2 Å². The van der Waals surface area contributed by atoms with Crippen LogP contribution < -0.4 is 5.32 Å². The average Bonchev–Trinajstić information content (AvgIpc) is 2.79. The van der Waals surface area contributed by atoms with Gasteiger partial charge in [0.25, 0.3) is 5.91 Å². The summed E-state index contributed by atoms with van der Waals surface area (Å²) in [6, 6.07) is 5.62. The minimum Gasteiger partial charge on any atom is -0.481 e. The molecule has 0 saturated carbocycles. The minimum atomic E-state index is -0.935. The van der Waals surface area contributed by atoms with Crippen LogP contribution in [0.4, 0.5) is 0 Å². The molecule has 2 rings (SSSR count). The molecule has 5 nitrogen and oxygen atoms in total. The molecule has 0 aromatic heterocycles. The fourth-order valence-electron chi connectivity index (χ4n) is 2.30. The Bertz CT molecular complexity index is 538. The van der Waals surface area contributed by atoms with Crippen LogP contribution in [0.1, 0.15) is 28.8 Å². The molecular weight excluding hydrogens is 373 g/mol. The largest absolute Gasteiger partial charge is 0.481 e. The summed E-state index contributed by atoms with van der Waals surface area (Å²) in [7, 11) is 0. The van der Waals surface area contributed by atoms with E-state index in [2.05, 4.69) is 27.9 Å². The van der Waals surface area contributed by atoms with Crippen molar-refractivity contribution >= 4 is 34.5 Å². The van der Waals surface area contributed by atoms with E-state index in [1.54, 1.807) is 6.07 Å². The van der Waals surface area contributed by atoms with Crippen LogP contribution in [0, 0.1) is 10.5 Å². The molecule has 0 bridgehead atoms. The van der Waals surface area contributed by atoms with Crippen molar-refractivity contribution < 1.29 is 19.4 Å². The van der Waals surface area contributed by atoms with Crippen molar-refractivity contribution in [3.05, 3.63) is 32.9 Å². The van der Waals surface area contributed by atoms with Crippen LogP contribution in [0.25, 0.3) is 0 Å². The highest BCUT2D eigenvalue weighted by molar-refractivity contribution is 14.1. The van der Waals surface area contributed by atoms with E-state index >= 15 is 0 Å². The van der Waals surface area contributed by atoms with E-state index in [-0.39, 0.29) is 18.9 Å². The first-order valence-electron chi connectivity index (χ1n) is 6.30. The molecule has 1 saturated heterocycles. The Kier molecular flexibility index (Phi) is 4.64. The summed E-state index contributed by atoms with van der Waals surface area (Å²) in [6.07, 6.45) is 0.397. The maximum atomic E-state index is 12.4. The zero-order valence-electron chi connectivity index (χ0n) is 11.1.